The number of carbonyl (C=O) groups excluding carboxylic acids is 1. The number of benzene rings is 1. The molecule has 0 heterocycles. The molecule has 0 saturated carbocycles. The molecule has 0 aliphatic rings. The fourth-order valence-corrected chi connectivity index (χ4v) is 1.98. The lowest BCUT2D eigenvalue weighted by Gasteiger charge is -2.23. The Bertz CT molecular complexity index is 451. The van der Waals surface area contributed by atoms with Crippen LogP contribution in [0.4, 0.5) is 15.8 Å². The van der Waals surface area contributed by atoms with Crippen LogP contribution in [0.15, 0.2) is 18.2 Å². The molecule has 0 spiro atoms. The van der Waals surface area contributed by atoms with Gasteiger partial charge in [0.1, 0.15) is 5.82 Å². The van der Waals surface area contributed by atoms with E-state index >= 15 is 0 Å². The van der Waals surface area contributed by atoms with Crippen molar-refractivity contribution in [3.63, 3.8) is 0 Å². The molecular weight excluding hydrogens is 257 g/mol. The predicted molar refractivity (Wildman–Crippen MR) is 81.1 cm³/mol. The van der Waals surface area contributed by atoms with Gasteiger partial charge in [-0.05, 0) is 38.6 Å². The van der Waals surface area contributed by atoms with E-state index in [0.717, 1.165) is 12.8 Å². The molecule has 0 aromatic heterocycles. The van der Waals surface area contributed by atoms with Crippen molar-refractivity contribution in [3.8, 4) is 0 Å². The third-order valence-corrected chi connectivity index (χ3v) is 3.43. The van der Waals surface area contributed by atoms with E-state index in [1.165, 1.54) is 18.2 Å². The lowest BCUT2D eigenvalue weighted by Crippen LogP contribution is -2.32. The fourth-order valence-electron chi connectivity index (χ4n) is 1.98. The summed E-state index contributed by atoms with van der Waals surface area (Å²) in [6.45, 7) is 5.00. The van der Waals surface area contributed by atoms with E-state index < -0.39 is 5.82 Å². The minimum Gasteiger partial charge on any atom is -0.396 e. The first-order chi connectivity index (χ1) is 9.43. The minimum absolute atomic E-state index is 0.0384. The Morgan fingerprint density at radius 2 is 2.20 bits per heavy atom. The van der Waals surface area contributed by atoms with Gasteiger partial charge in [-0.1, -0.05) is 13.3 Å². The van der Waals surface area contributed by atoms with Crippen molar-refractivity contribution in [3.05, 3.63) is 24.0 Å². The van der Waals surface area contributed by atoms with Crippen LogP contribution in [0.1, 0.15) is 33.1 Å². The van der Waals surface area contributed by atoms with Gasteiger partial charge in [-0.2, -0.15) is 0 Å². The molecule has 1 amide bonds. The molecule has 0 aliphatic heterocycles. The standard InChI is InChI=1S/C15H24FN3O/c1-4-5-11(2)19(3)9-8-15(20)18-12-6-7-13(16)14(17)10-12/h6-7,10-11H,4-5,8-9,17H2,1-3H3,(H,18,20). The van der Waals surface area contributed by atoms with E-state index in [-0.39, 0.29) is 11.6 Å². The van der Waals surface area contributed by atoms with Gasteiger partial charge < -0.3 is 16.0 Å². The van der Waals surface area contributed by atoms with Crippen LogP contribution in [0.25, 0.3) is 0 Å². The van der Waals surface area contributed by atoms with E-state index in [0.29, 0.717) is 24.7 Å². The minimum atomic E-state index is -0.476. The van der Waals surface area contributed by atoms with Crippen molar-refractivity contribution in [1.82, 2.24) is 4.90 Å². The Kier molecular flexibility index (Phi) is 6.45. The lowest BCUT2D eigenvalue weighted by molar-refractivity contribution is -0.116. The molecule has 112 valence electrons. The maximum atomic E-state index is 13.0. The zero-order chi connectivity index (χ0) is 15.1. The quantitative estimate of drug-likeness (QED) is 0.756. The molecule has 3 N–H and O–H groups in total. The average molecular weight is 281 g/mol. The maximum Gasteiger partial charge on any atom is 0.225 e. The second-order valence-corrected chi connectivity index (χ2v) is 5.15. The van der Waals surface area contributed by atoms with Gasteiger partial charge in [0.25, 0.3) is 0 Å². The highest BCUT2D eigenvalue weighted by atomic mass is 19.1. The highest BCUT2D eigenvalue weighted by Crippen LogP contribution is 2.16. The van der Waals surface area contributed by atoms with Crippen LogP contribution in [-0.2, 0) is 4.79 Å². The lowest BCUT2D eigenvalue weighted by atomic mass is 10.1. The number of anilines is 2. The van der Waals surface area contributed by atoms with Gasteiger partial charge in [-0.3, -0.25) is 4.79 Å². The number of nitrogens with one attached hydrogen (secondary N) is 1. The second-order valence-electron chi connectivity index (χ2n) is 5.15. The van der Waals surface area contributed by atoms with Crippen LogP contribution in [0, 0.1) is 5.82 Å². The number of hydrogen-bond acceptors (Lipinski definition) is 3. The topological polar surface area (TPSA) is 58.4 Å². The van der Waals surface area contributed by atoms with E-state index in [1.54, 1.807) is 0 Å². The van der Waals surface area contributed by atoms with Crippen LogP contribution in [0.3, 0.4) is 0 Å². The third-order valence-electron chi connectivity index (χ3n) is 3.43. The Morgan fingerprint density at radius 1 is 1.50 bits per heavy atom. The van der Waals surface area contributed by atoms with Crippen molar-refractivity contribution in [1.29, 1.82) is 0 Å². The van der Waals surface area contributed by atoms with Gasteiger partial charge in [0.2, 0.25) is 5.91 Å². The molecule has 0 aliphatic carbocycles. The first-order valence-corrected chi connectivity index (χ1v) is 6.99. The van der Waals surface area contributed by atoms with Gasteiger partial charge in [0.05, 0.1) is 5.69 Å². The van der Waals surface area contributed by atoms with E-state index in [9.17, 15) is 9.18 Å². The normalized spacial score (nSPS) is 12.4. The Labute approximate surface area is 120 Å². The zero-order valence-corrected chi connectivity index (χ0v) is 12.4. The van der Waals surface area contributed by atoms with Gasteiger partial charge in [0, 0.05) is 24.7 Å². The maximum absolute atomic E-state index is 13.0. The number of hydrogen-bond donors (Lipinski definition) is 2. The van der Waals surface area contributed by atoms with E-state index in [4.69, 9.17) is 5.73 Å². The molecule has 1 aromatic rings. The predicted octanol–water partition coefficient (Wildman–Crippen LogP) is 2.86. The molecule has 0 saturated heterocycles. The van der Waals surface area contributed by atoms with Gasteiger partial charge in [-0.25, -0.2) is 4.39 Å². The average Bonchev–Trinajstić information content (AvgIpc) is 2.40. The molecule has 4 nitrogen and oxygen atoms in total. The summed E-state index contributed by atoms with van der Waals surface area (Å²) in [6.07, 6.45) is 2.65. The van der Waals surface area contributed by atoms with E-state index in [2.05, 4.69) is 24.1 Å². The molecule has 20 heavy (non-hydrogen) atoms. The summed E-state index contributed by atoms with van der Waals surface area (Å²) in [7, 11) is 2.02. The molecule has 0 fully saturated rings. The summed E-state index contributed by atoms with van der Waals surface area (Å²) in [6, 6.07) is 4.65. The molecule has 1 unspecified atom stereocenters. The molecule has 1 aromatic carbocycles. The number of nitrogens with two attached hydrogens (primary N) is 1. The summed E-state index contributed by atoms with van der Waals surface area (Å²) in [4.78, 5) is 14.0. The largest absolute Gasteiger partial charge is 0.396 e. The smallest absolute Gasteiger partial charge is 0.225 e. The Hall–Kier alpha value is -1.62. The number of halogens is 1. The number of carbonyl (C=O) groups is 1. The number of nitrogen functional groups attached to an aromatic ring is 1. The first kappa shape index (κ1) is 16.4. The summed E-state index contributed by atoms with van der Waals surface area (Å²) in [5, 5.41) is 2.72. The van der Waals surface area contributed by atoms with Gasteiger partial charge in [0.15, 0.2) is 0 Å². The van der Waals surface area contributed by atoms with Crippen molar-refractivity contribution in [2.45, 2.75) is 39.2 Å². The number of nitrogens with zero attached hydrogens (tertiary/aromatic N) is 1. The SMILES string of the molecule is CCCC(C)N(C)CCC(=O)Nc1ccc(F)c(N)c1. The Morgan fingerprint density at radius 3 is 2.80 bits per heavy atom. The van der Waals surface area contributed by atoms with Crippen molar-refractivity contribution < 1.29 is 9.18 Å². The summed E-state index contributed by atoms with van der Waals surface area (Å²) in [5.74, 6) is -0.567. The number of rotatable bonds is 7. The summed E-state index contributed by atoms with van der Waals surface area (Å²) in [5.41, 5.74) is 6.02. The zero-order valence-electron chi connectivity index (χ0n) is 12.4. The highest BCUT2D eigenvalue weighted by molar-refractivity contribution is 5.91. The van der Waals surface area contributed by atoms with Crippen molar-refractivity contribution in [2.24, 2.45) is 0 Å². The molecule has 0 bridgehead atoms. The Balaban J connectivity index is 2.41. The van der Waals surface area contributed by atoms with E-state index in [1.807, 2.05) is 7.05 Å². The molecular formula is C15H24FN3O. The van der Waals surface area contributed by atoms with Crippen molar-refractivity contribution >= 4 is 17.3 Å². The van der Waals surface area contributed by atoms with Gasteiger partial charge in [-0.15, -0.1) is 0 Å². The highest BCUT2D eigenvalue weighted by Gasteiger charge is 2.10. The summed E-state index contributed by atoms with van der Waals surface area (Å²) >= 11 is 0. The van der Waals surface area contributed by atoms with Crippen LogP contribution in [0.2, 0.25) is 0 Å². The molecule has 1 rings (SSSR count). The van der Waals surface area contributed by atoms with Crippen molar-refractivity contribution in [2.75, 3.05) is 24.6 Å². The second kappa shape index (κ2) is 7.85. The van der Waals surface area contributed by atoms with Crippen LogP contribution in [0.5, 0.6) is 0 Å². The molecule has 5 heteroatoms. The van der Waals surface area contributed by atoms with Crippen LogP contribution < -0.4 is 11.1 Å². The first-order valence-electron chi connectivity index (χ1n) is 6.99. The fraction of sp³-hybridized carbons (Fsp3) is 0.533. The van der Waals surface area contributed by atoms with Crippen LogP contribution in [-0.4, -0.2) is 30.4 Å². The summed E-state index contributed by atoms with van der Waals surface area (Å²) < 4.78 is 13.0. The molecule has 1 atom stereocenters. The molecule has 0 radical (unpaired) electrons. The third kappa shape index (κ3) is 5.17. The van der Waals surface area contributed by atoms with Gasteiger partial charge >= 0.3 is 0 Å². The monoisotopic (exact) mass is 281 g/mol. The van der Waals surface area contributed by atoms with Crippen LogP contribution >= 0.6 is 0 Å². The number of amides is 1.